The van der Waals surface area contributed by atoms with Crippen LogP contribution in [0.25, 0.3) is 78.4 Å². The molecule has 0 saturated carbocycles. The topological polar surface area (TPSA) is 13.1 Å². The molecule has 1 nitrogen and oxygen atoms in total. The van der Waals surface area contributed by atoms with Crippen LogP contribution in [0.2, 0.25) is 0 Å². The number of fused-ring (bicyclic) bond motifs is 5. The third-order valence-electron chi connectivity index (χ3n) is 7.36. The van der Waals surface area contributed by atoms with Gasteiger partial charge in [-0.3, -0.25) is 0 Å². The van der Waals surface area contributed by atoms with Crippen LogP contribution >= 0.6 is 0 Å². The highest BCUT2D eigenvalue weighted by atomic mass is 16.3. The largest absolute Gasteiger partial charge is 0.455 e. The van der Waals surface area contributed by atoms with E-state index in [0.29, 0.717) is 0 Å². The number of furan rings is 1. The van der Waals surface area contributed by atoms with Crippen LogP contribution in [0, 0.1) is 0 Å². The van der Waals surface area contributed by atoms with Crippen molar-refractivity contribution in [1.82, 2.24) is 0 Å². The number of para-hydroxylation sites is 2. The first-order chi connectivity index (χ1) is 18.2. The van der Waals surface area contributed by atoms with Gasteiger partial charge in [0.1, 0.15) is 11.2 Å². The number of benzene rings is 6. The molecule has 1 aromatic heterocycles. The van der Waals surface area contributed by atoms with Gasteiger partial charge in [0.2, 0.25) is 0 Å². The molecule has 1 heteroatoms. The smallest absolute Gasteiger partial charge is 0.143 e. The van der Waals surface area contributed by atoms with E-state index in [1.54, 1.807) is 0 Å². The molecule has 0 aliphatic rings. The van der Waals surface area contributed by atoms with Gasteiger partial charge in [0.05, 0.1) is 0 Å². The second-order valence-electron chi connectivity index (χ2n) is 9.43. The Morgan fingerprint density at radius 3 is 2.08 bits per heavy atom. The van der Waals surface area contributed by atoms with Crippen molar-refractivity contribution in [3.63, 3.8) is 0 Å². The molecule has 7 rings (SSSR count). The fourth-order valence-corrected chi connectivity index (χ4v) is 5.72. The van der Waals surface area contributed by atoms with Crippen LogP contribution in [0.5, 0.6) is 0 Å². The van der Waals surface area contributed by atoms with E-state index in [0.717, 1.165) is 54.6 Å². The predicted molar refractivity (Wildman–Crippen MR) is 159 cm³/mol. The lowest BCUT2D eigenvalue weighted by Gasteiger charge is -2.16. The van der Waals surface area contributed by atoms with E-state index in [-0.39, 0.29) is 0 Å². The summed E-state index contributed by atoms with van der Waals surface area (Å²) in [7, 11) is 0. The van der Waals surface area contributed by atoms with E-state index in [1.807, 2.05) is 18.2 Å². The highest BCUT2D eigenvalue weighted by Crippen LogP contribution is 2.38. The van der Waals surface area contributed by atoms with Gasteiger partial charge in [-0.25, -0.2) is 0 Å². The maximum atomic E-state index is 6.46. The van der Waals surface area contributed by atoms with E-state index < -0.39 is 0 Å². The fourth-order valence-electron chi connectivity index (χ4n) is 5.72. The normalized spacial score (nSPS) is 12.2. The van der Waals surface area contributed by atoms with Gasteiger partial charge in [-0.2, -0.15) is 0 Å². The van der Waals surface area contributed by atoms with Crippen LogP contribution in [-0.4, -0.2) is 0 Å². The monoisotopic (exact) mass is 472 g/mol. The summed E-state index contributed by atoms with van der Waals surface area (Å²) in [5.41, 5.74) is 6.28. The minimum Gasteiger partial charge on any atom is -0.455 e. The molecular formula is C36H24O. The molecule has 0 bridgehead atoms. The quantitative estimate of drug-likeness (QED) is 0.251. The van der Waals surface area contributed by atoms with E-state index in [9.17, 15) is 0 Å². The Labute approximate surface area is 214 Å². The summed E-state index contributed by atoms with van der Waals surface area (Å²) in [5.74, 6) is 0. The summed E-state index contributed by atoms with van der Waals surface area (Å²) >= 11 is 0. The molecule has 6 aromatic carbocycles. The maximum absolute atomic E-state index is 6.46. The highest BCUT2D eigenvalue weighted by Gasteiger charge is 2.18. The van der Waals surface area contributed by atoms with Crippen molar-refractivity contribution in [3.8, 4) is 22.3 Å². The molecule has 0 N–H and O–H groups in total. The van der Waals surface area contributed by atoms with Gasteiger partial charge in [-0.05, 0) is 55.2 Å². The second-order valence-corrected chi connectivity index (χ2v) is 9.43. The Morgan fingerprint density at radius 1 is 0.595 bits per heavy atom. The number of rotatable bonds is 3. The zero-order chi connectivity index (χ0) is 24.9. The van der Waals surface area contributed by atoms with Crippen LogP contribution in [0.15, 0.2) is 126 Å². The molecule has 0 spiro atoms. The first-order valence-corrected chi connectivity index (χ1v) is 12.5. The standard InChI is InChI=1S/C36H24O/c1-3-11-27-23(2)34(26-21-20-24-12-4-5-13-25(24)22-26)29-15-6-7-16-30(29)35(27)32-18-10-17-31-28-14-8-9-19-33(28)37-36(31)32/h3-22H,1-2H2/b27-11+. The van der Waals surface area contributed by atoms with Gasteiger partial charge < -0.3 is 4.42 Å². The molecule has 0 saturated heterocycles. The van der Waals surface area contributed by atoms with Crippen molar-refractivity contribution in [2.24, 2.45) is 0 Å². The minimum absolute atomic E-state index is 0.894. The molecule has 0 radical (unpaired) electrons. The van der Waals surface area contributed by atoms with Gasteiger partial charge in [0.25, 0.3) is 0 Å². The van der Waals surface area contributed by atoms with Crippen molar-refractivity contribution in [2.75, 3.05) is 0 Å². The van der Waals surface area contributed by atoms with E-state index >= 15 is 0 Å². The number of hydrogen-bond donors (Lipinski definition) is 0. The molecule has 0 aliphatic carbocycles. The summed E-state index contributed by atoms with van der Waals surface area (Å²) in [6, 6.07) is 38.4. The molecular weight excluding hydrogens is 448 g/mol. The molecule has 0 fully saturated rings. The summed E-state index contributed by atoms with van der Waals surface area (Å²) in [4.78, 5) is 0. The molecule has 7 aromatic rings. The zero-order valence-corrected chi connectivity index (χ0v) is 20.4. The van der Waals surface area contributed by atoms with Gasteiger partial charge in [-0.15, -0.1) is 0 Å². The zero-order valence-electron chi connectivity index (χ0n) is 20.4. The Bertz CT molecular complexity index is 2130. The SMILES string of the molecule is C=C/C=c1/c(-c2cccc3c2oc2ccccc23)c2ccccc2c(-c2ccc3ccccc3c2)c1=C. The Morgan fingerprint density at radius 2 is 1.27 bits per heavy atom. The van der Waals surface area contributed by atoms with Crippen molar-refractivity contribution in [2.45, 2.75) is 0 Å². The van der Waals surface area contributed by atoms with Crippen molar-refractivity contribution in [1.29, 1.82) is 0 Å². The second kappa shape index (κ2) is 8.36. The van der Waals surface area contributed by atoms with Crippen LogP contribution in [0.3, 0.4) is 0 Å². The van der Waals surface area contributed by atoms with Gasteiger partial charge in [0.15, 0.2) is 0 Å². The molecule has 1 heterocycles. The van der Waals surface area contributed by atoms with Gasteiger partial charge in [-0.1, -0.05) is 122 Å². The van der Waals surface area contributed by atoms with Crippen LogP contribution in [0.4, 0.5) is 0 Å². The first kappa shape index (κ1) is 21.4. The molecule has 174 valence electrons. The molecule has 0 unspecified atom stereocenters. The lowest BCUT2D eigenvalue weighted by atomic mass is 9.87. The predicted octanol–water partition coefficient (Wildman–Crippen LogP) is 8.60. The average Bonchev–Trinajstić information content (AvgIpc) is 3.33. The minimum atomic E-state index is 0.894. The average molecular weight is 473 g/mol. The highest BCUT2D eigenvalue weighted by molar-refractivity contribution is 6.14. The Hall–Kier alpha value is -4.88. The van der Waals surface area contributed by atoms with Crippen molar-refractivity contribution >= 4 is 56.1 Å². The fraction of sp³-hybridized carbons (Fsp3) is 0. The molecule has 0 aliphatic heterocycles. The van der Waals surface area contributed by atoms with Crippen LogP contribution in [0.1, 0.15) is 0 Å². The van der Waals surface area contributed by atoms with Crippen LogP contribution in [-0.2, 0) is 0 Å². The summed E-state index contributed by atoms with van der Waals surface area (Å²) in [6.07, 6.45) is 3.93. The Balaban J connectivity index is 1.64. The lowest BCUT2D eigenvalue weighted by molar-refractivity contribution is 0.670. The van der Waals surface area contributed by atoms with E-state index in [2.05, 4.69) is 116 Å². The third-order valence-corrected chi connectivity index (χ3v) is 7.36. The molecule has 0 amide bonds. The van der Waals surface area contributed by atoms with Crippen LogP contribution < -0.4 is 10.4 Å². The number of allylic oxidation sites excluding steroid dienone is 1. The molecule has 37 heavy (non-hydrogen) atoms. The summed E-state index contributed by atoms with van der Waals surface area (Å²) < 4.78 is 6.46. The lowest BCUT2D eigenvalue weighted by Crippen LogP contribution is -2.28. The van der Waals surface area contributed by atoms with Crippen molar-refractivity contribution in [3.05, 3.63) is 132 Å². The van der Waals surface area contributed by atoms with Gasteiger partial charge >= 0.3 is 0 Å². The van der Waals surface area contributed by atoms with Gasteiger partial charge in [0, 0.05) is 21.9 Å². The summed E-state index contributed by atoms with van der Waals surface area (Å²) in [5, 5.41) is 9.07. The Kier molecular flexibility index (Phi) is 4.84. The van der Waals surface area contributed by atoms with E-state index in [1.165, 1.54) is 21.5 Å². The number of hydrogen-bond acceptors (Lipinski definition) is 1. The maximum Gasteiger partial charge on any atom is 0.143 e. The third kappa shape index (κ3) is 3.25. The molecule has 0 atom stereocenters. The van der Waals surface area contributed by atoms with E-state index in [4.69, 9.17) is 4.42 Å². The first-order valence-electron chi connectivity index (χ1n) is 12.5. The van der Waals surface area contributed by atoms with Crippen molar-refractivity contribution < 1.29 is 4.42 Å². The summed E-state index contributed by atoms with van der Waals surface area (Å²) in [6.45, 7) is 8.69.